The van der Waals surface area contributed by atoms with E-state index in [1.165, 1.54) is 11.3 Å². The van der Waals surface area contributed by atoms with Crippen molar-refractivity contribution in [1.82, 2.24) is 4.98 Å². The number of para-hydroxylation sites is 1. The summed E-state index contributed by atoms with van der Waals surface area (Å²) in [4.78, 5) is 3.98. The second-order valence-electron chi connectivity index (χ2n) is 2.20. The molecular weight excluding hydrogens is 194 g/mol. The van der Waals surface area contributed by atoms with Crippen LogP contribution < -0.4 is 0 Å². The first-order valence-electron chi connectivity index (χ1n) is 3.24. The zero-order valence-electron chi connectivity index (χ0n) is 5.93. The molecule has 62 valence electrons. The van der Waals surface area contributed by atoms with Gasteiger partial charge in [0.2, 0.25) is 15.4 Å². The molecule has 1 unspecified atom stereocenters. The fourth-order valence-corrected chi connectivity index (χ4v) is 2.35. The first-order chi connectivity index (χ1) is 5.77. The number of aromatic nitrogens is 1. The number of rotatable bonds is 1. The molecule has 5 heteroatoms. The lowest BCUT2D eigenvalue weighted by molar-refractivity contribution is 0.564. The molecule has 3 nitrogen and oxygen atoms in total. The summed E-state index contributed by atoms with van der Waals surface area (Å²) in [6, 6.07) is 7.43. The summed E-state index contributed by atoms with van der Waals surface area (Å²) in [6.07, 6.45) is 0. The van der Waals surface area contributed by atoms with Crippen molar-refractivity contribution in [3.05, 3.63) is 24.3 Å². The summed E-state index contributed by atoms with van der Waals surface area (Å²) >= 11 is -0.710. The van der Waals surface area contributed by atoms with Gasteiger partial charge in [0.25, 0.3) is 0 Å². The van der Waals surface area contributed by atoms with E-state index in [1.54, 1.807) is 0 Å². The lowest BCUT2D eigenvalue weighted by Crippen LogP contribution is -1.84. The molecule has 0 aliphatic carbocycles. The van der Waals surface area contributed by atoms with Gasteiger partial charge in [-0.25, -0.2) is 9.19 Å². The van der Waals surface area contributed by atoms with Crippen LogP contribution in [0.1, 0.15) is 0 Å². The minimum absolute atomic E-state index is 0.260. The van der Waals surface area contributed by atoms with Crippen LogP contribution in [0.15, 0.2) is 28.6 Å². The van der Waals surface area contributed by atoms with Crippen LogP contribution in [0.25, 0.3) is 10.2 Å². The smallest absolute Gasteiger partial charge is 0.216 e. The summed E-state index contributed by atoms with van der Waals surface area (Å²) in [5.74, 6) is 0. The lowest BCUT2D eigenvalue weighted by Gasteiger charge is -1.80. The zero-order chi connectivity index (χ0) is 8.55. The van der Waals surface area contributed by atoms with Crippen LogP contribution >= 0.6 is 11.3 Å². The Bertz CT molecular complexity index is 405. The van der Waals surface area contributed by atoms with Crippen molar-refractivity contribution in [3.8, 4) is 0 Å². The van der Waals surface area contributed by atoms with Gasteiger partial charge in [-0.15, -0.1) is 11.3 Å². The van der Waals surface area contributed by atoms with Crippen LogP contribution in [-0.4, -0.2) is 13.7 Å². The van der Waals surface area contributed by atoms with Crippen LogP contribution in [0.4, 0.5) is 0 Å². The van der Waals surface area contributed by atoms with Crippen LogP contribution in [0, 0.1) is 0 Å². The molecule has 0 saturated heterocycles. The van der Waals surface area contributed by atoms with Crippen molar-refractivity contribution in [1.29, 1.82) is 0 Å². The second kappa shape index (κ2) is 2.93. The van der Waals surface area contributed by atoms with Gasteiger partial charge in [0.15, 0.2) is 0 Å². The average Bonchev–Trinajstić information content (AvgIpc) is 2.46. The van der Waals surface area contributed by atoms with E-state index in [9.17, 15) is 4.21 Å². The Morgan fingerprint density at radius 1 is 1.42 bits per heavy atom. The van der Waals surface area contributed by atoms with E-state index >= 15 is 0 Å². The minimum atomic E-state index is -1.95. The van der Waals surface area contributed by atoms with E-state index in [4.69, 9.17) is 4.55 Å². The summed E-state index contributed by atoms with van der Waals surface area (Å²) < 4.78 is 20.6. The van der Waals surface area contributed by atoms with Crippen molar-refractivity contribution in [2.24, 2.45) is 0 Å². The molecule has 0 fully saturated rings. The van der Waals surface area contributed by atoms with Crippen LogP contribution in [-0.2, 0) is 11.1 Å². The number of thiazole rings is 1. The Kier molecular flexibility index (Phi) is 1.92. The standard InChI is InChI=1S/C7H5NO2S2/c9-12(10)7-8-5-3-1-2-4-6(5)11-7/h1-4H,(H,9,10). The van der Waals surface area contributed by atoms with Gasteiger partial charge < -0.3 is 4.55 Å². The summed E-state index contributed by atoms with van der Waals surface area (Å²) in [5.41, 5.74) is 0.778. The van der Waals surface area contributed by atoms with Gasteiger partial charge in [-0.05, 0) is 12.1 Å². The highest BCUT2D eigenvalue weighted by atomic mass is 32.2. The molecule has 1 aromatic carbocycles. The number of benzene rings is 1. The monoisotopic (exact) mass is 199 g/mol. The lowest BCUT2D eigenvalue weighted by atomic mass is 10.3. The van der Waals surface area contributed by atoms with Crippen molar-refractivity contribution in [3.63, 3.8) is 0 Å². The first kappa shape index (κ1) is 7.85. The van der Waals surface area contributed by atoms with Gasteiger partial charge in [0, 0.05) is 0 Å². The van der Waals surface area contributed by atoms with E-state index in [0.29, 0.717) is 0 Å². The predicted molar refractivity (Wildman–Crippen MR) is 48.7 cm³/mol. The molecule has 1 atom stereocenters. The fourth-order valence-electron chi connectivity index (χ4n) is 0.926. The Labute approximate surface area is 75.4 Å². The third-order valence-electron chi connectivity index (χ3n) is 1.42. The highest BCUT2D eigenvalue weighted by molar-refractivity contribution is 7.81. The highest BCUT2D eigenvalue weighted by Gasteiger charge is 2.06. The van der Waals surface area contributed by atoms with E-state index in [2.05, 4.69) is 4.98 Å². The molecule has 1 aromatic heterocycles. The summed E-state index contributed by atoms with van der Waals surface area (Å²) in [7, 11) is 0. The fraction of sp³-hybridized carbons (Fsp3) is 0. The largest absolute Gasteiger partial charge is 0.300 e. The number of nitrogens with zero attached hydrogens (tertiary/aromatic N) is 1. The minimum Gasteiger partial charge on any atom is -0.300 e. The molecular formula is C7H5NO2S2. The Morgan fingerprint density at radius 2 is 2.17 bits per heavy atom. The van der Waals surface area contributed by atoms with Gasteiger partial charge >= 0.3 is 0 Å². The second-order valence-corrected chi connectivity index (χ2v) is 4.37. The van der Waals surface area contributed by atoms with Crippen LogP contribution in [0.5, 0.6) is 0 Å². The van der Waals surface area contributed by atoms with E-state index in [1.807, 2.05) is 24.3 Å². The Morgan fingerprint density at radius 3 is 2.83 bits per heavy atom. The summed E-state index contributed by atoms with van der Waals surface area (Å²) in [5, 5.41) is 0. The molecule has 1 N–H and O–H groups in total. The third kappa shape index (κ3) is 1.26. The zero-order valence-corrected chi connectivity index (χ0v) is 7.56. The quantitative estimate of drug-likeness (QED) is 0.713. The van der Waals surface area contributed by atoms with Crippen LogP contribution in [0.2, 0.25) is 0 Å². The molecule has 12 heavy (non-hydrogen) atoms. The molecule has 0 aliphatic heterocycles. The summed E-state index contributed by atoms with van der Waals surface area (Å²) in [6.45, 7) is 0. The molecule has 0 saturated carbocycles. The number of hydrogen-bond donors (Lipinski definition) is 1. The van der Waals surface area contributed by atoms with Crippen LogP contribution in [0.3, 0.4) is 0 Å². The average molecular weight is 199 g/mol. The van der Waals surface area contributed by atoms with Gasteiger partial charge in [-0.2, -0.15) is 0 Å². The van der Waals surface area contributed by atoms with Gasteiger partial charge in [-0.3, -0.25) is 0 Å². The van der Waals surface area contributed by atoms with E-state index in [0.717, 1.165) is 10.2 Å². The molecule has 1 heterocycles. The SMILES string of the molecule is O=S(O)c1nc2ccccc2s1. The first-order valence-corrected chi connectivity index (χ1v) is 5.16. The normalized spacial score (nSPS) is 13.4. The van der Waals surface area contributed by atoms with E-state index < -0.39 is 11.1 Å². The number of fused-ring (bicyclic) bond motifs is 1. The Balaban J connectivity index is 2.70. The maximum absolute atomic E-state index is 10.6. The molecule has 0 amide bonds. The van der Waals surface area contributed by atoms with Gasteiger partial charge in [0.1, 0.15) is 0 Å². The van der Waals surface area contributed by atoms with Crippen molar-refractivity contribution >= 4 is 32.6 Å². The van der Waals surface area contributed by atoms with Crippen molar-refractivity contribution in [2.45, 2.75) is 4.34 Å². The topological polar surface area (TPSA) is 50.2 Å². The van der Waals surface area contributed by atoms with Gasteiger partial charge in [0.05, 0.1) is 10.2 Å². The molecule has 2 aromatic rings. The maximum atomic E-state index is 10.6. The molecule has 2 rings (SSSR count). The number of hydrogen-bond acceptors (Lipinski definition) is 3. The van der Waals surface area contributed by atoms with Gasteiger partial charge in [-0.1, -0.05) is 12.1 Å². The molecule has 0 aliphatic rings. The predicted octanol–water partition coefficient (Wildman–Crippen LogP) is 1.88. The maximum Gasteiger partial charge on any atom is 0.216 e. The molecule has 0 spiro atoms. The Hall–Kier alpha value is -0.780. The third-order valence-corrected chi connectivity index (χ3v) is 3.32. The van der Waals surface area contributed by atoms with Crippen molar-refractivity contribution < 1.29 is 8.76 Å². The molecule has 0 radical (unpaired) electrons. The molecule has 0 bridgehead atoms. The van der Waals surface area contributed by atoms with Crippen molar-refractivity contribution in [2.75, 3.05) is 0 Å². The highest BCUT2D eigenvalue weighted by Crippen LogP contribution is 2.22. The van der Waals surface area contributed by atoms with E-state index in [-0.39, 0.29) is 4.34 Å².